The Kier molecular flexibility index (Phi) is 7.74. The van der Waals surface area contributed by atoms with Crippen molar-refractivity contribution in [2.24, 2.45) is 5.92 Å². The third kappa shape index (κ3) is 5.84. The molecule has 4 rings (SSSR count). The summed E-state index contributed by atoms with van der Waals surface area (Å²) in [5.41, 5.74) is 9.18. The Morgan fingerprint density at radius 3 is 2.66 bits per heavy atom. The average Bonchev–Trinajstić information content (AvgIpc) is 2.83. The van der Waals surface area contributed by atoms with Crippen molar-refractivity contribution in [2.75, 3.05) is 11.9 Å². The van der Waals surface area contributed by atoms with E-state index >= 15 is 0 Å². The molecule has 3 aromatic rings. The molecule has 0 saturated heterocycles. The number of aryl methyl sites for hydroxylation is 3. The smallest absolute Gasteiger partial charge is 0.141 e. The van der Waals surface area contributed by atoms with Gasteiger partial charge in [-0.2, -0.15) is 0 Å². The van der Waals surface area contributed by atoms with Gasteiger partial charge in [-0.05, 0) is 79.0 Å². The van der Waals surface area contributed by atoms with Crippen LogP contribution in [0.1, 0.15) is 55.9 Å². The summed E-state index contributed by atoms with van der Waals surface area (Å²) in [5.74, 6) is 1.25. The lowest BCUT2D eigenvalue weighted by molar-refractivity contribution is 0.453. The van der Waals surface area contributed by atoms with Crippen LogP contribution >= 0.6 is 0 Å². The number of fused-ring (bicyclic) bond motifs is 2. The molecule has 0 fully saturated rings. The van der Waals surface area contributed by atoms with Gasteiger partial charge in [-0.15, -0.1) is 0 Å². The first-order chi connectivity index (χ1) is 16.9. The topological polar surface area (TPSA) is 61.9 Å². The molecule has 1 aliphatic heterocycles. The number of rotatable bonds is 2. The van der Waals surface area contributed by atoms with E-state index in [-0.39, 0.29) is 6.04 Å². The Bertz CT molecular complexity index is 1230. The van der Waals surface area contributed by atoms with E-state index < -0.39 is 0 Å². The van der Waals surface area contributed by atoms with E-state index in [2.05, 4.69) is 97.1 Å². The molecule has 35 heavy (non-hydrogen) atoms. The Morgan fingerprint density at radius 2 is 1.89 bits per heavy atom. The third-order valence-corrected chi connectivity index (χ3v) is 6.89. The molecule has 1 atom stereocenters. The van der Waals surface area contributed by atoms with E-state index in [0.717, 1.165) is 66.0 Å². The first-order valence-corrected chi connectivity index (χ1v) is 12.9. The molecular weight excluding hydrogens is 430 g/mol. The summed E-state index contributed by atoms with van der Waals surface area (Å²) >= 11 is 0. The molecule has 5 nitrogen and oxygen atoms in total. The van der Waals surface area contributed by atoms with Crippen LogP contribution in [0.2, 0.25) is 0 Å². The monoisotopic (exact) mass is 469 g/mol. The molecule has 3 N–H and O–H groups in total. The van der Waals surface area contributed by atoms with Gasteiger partial charge in [0.15, 0.2) is 0 Å². The fourth-order valence-corrected chi connectivity index (χ4v) is 4.90. The maximum Gasteiger partial charge on any atom is 0.141 e. The predicted octanol–water partition coefficient (Wildman–Crippen LogP) is 6.35. The summed E-state index contributed by atoms with van der Waals surface area (Å²) in [6.45, 7) is 18.4. The van der Waals surface area contributed by atoms with Gasteiger partial charge < -0.3 is 16.0 Å². The Balaban J connectivity index is 1.77. The van der Waals surface area contributed by atoms with Gasteiger partial charge >= 0.3 is 0 Å². The normalized spacial score (nSPS) is 17.5. The zero-order valence-corrected chi connectivity index (χ0v) is 21.7. The lowest BCUT2D eigenvalue weighted by Crippen LogP contribution is -2.40. The zero-order chi connectivity index (χ0) is 24.9. The van der Waals surface area contributed by atoms with E-state index in [9.17, 15) is 0 Å². The Hall–Kier alpha value is -3.34. The lowest BCUT2D eigenvalue weighted by Gasteiger charge is -2.28. The minimum absolute atomic E-state index is 0.128. The van der Waals surface area contributed by atoms with Crippen molar-refractivity contribution in [3.8, 4) is 0 Å². The minimum atomic E-state index is 0.128. The van der Waals surface area contributed by atoms with Crippen LogP contribution in [-0.4, -0.2) is 22.6 Å². The van der Waals surface area contributed by atoms with Crippen LogP contribution in [0.5, 0.6) is 0 Å². The van der Waals surface area contributed by atoms with Crippen molar-refractivity contribution >= 4 is 22.4 Å². The van der Waals surface area contributed by atoms with Gasteiger partial charge in [-0.3, -0.25) is 0 Å². The number of anilines is 2. The molecule has 0 spiro atoms. The van der Waals surface area contributed by atoms with Crippen LogP contribution in [0, 0.1) is 12.8 Å². The van der Waals surface area contributed by atoms with Crippen LogP contribution in [0.3, 0.4) is 0 Å². The SMILES string of the molecule is C=C1Cc2ccc(C)cc2Nc2ncnc3cc(CC)c(cc23)CCCCNC(=C)[C@@H](C(C)C)N1. The highest BCUT2D eigenvalue weighted by molar-refractivity contribution is 5.92. The van der Waals surface area contributed by atoms with Gasteiger partial charge in [-0.1, -0.05) is 46.1 Å². The molecule has 2 bridgehead atoms. The van der Waals surface area contributed by atoms with E-state index in [0.29, 0.717) is 12.3 Å². The highest BCUT2D eigenvalue weighted by Crippen LogP contribution is 2.30. The van der Waals surface area contributed by atoms with Gasteiger partial charge in [0, 0.05) is 35.4 Å². The van der Waals surface area contributed by atoms with Crippen LogP contribution in [0.25, 0.3) is 10.9 Å². The summed E-state index contributed by atoms with van der Waals surface area (Å²) < 4.78 is 0. The van der Waals surface area contributed by atoms with E-state index in [1.165, 1.54) is 22.3 Å². The van der Waals surface area contributed by atoms with Crippen molar-refractivity contribution in [2.45, 2.75) is 65.8 Å². The van der Waals surface area contributed by atoms with Crippen LogP contribution < -0.4 is 16.0 Å². The van der Waals surface area contributed by atoms with Gasteiger partial charge in [0.05, 0.1) is 11.6 Å². The van der Waals surface area contributed by atoms with Crippen molar-refractivity contribution < 1.29 is 0 Å². The predicted molar refractivity (Wildman–Crippen MR) is 148 cm³/mol. The number of nitrogens with zero attached hydrogens (tertiary/aromatic N) is 2. The summed E-state index contributed by atoms with van der Waals surface area (Å²) in [5, 5.41) is 11.9. The number of aromatic nitrogens is 2. The quantitative estimate of drug-likeness (QED) is 0.408. The number of nitrogens with one attached hydrogen (secondary N) is 3. The third-order valence-electron chi connectivity index (χ3n) is 6.89. The second kappa shape index (κ2) is 10.9. The van der Waals surface area contributed by atoms with Crippen LogP contribution in [-0.2, 0) is 19.3 Å². The van der Waals surface area contributed by atoms with Crippen LogP contribution in [0.15, 0.2) is 61.2 Å². The first-order valence-electron chi connectivity index (χ1n) is 12.9. The maximum absolute atomic E-state index is 4.65. The summed E-state index contributed by atoms with van der Waals surface area (Å²) in [4.78, 5) is 9.25. The Labute approximate surface area is 210 Å². The number of benzene rings is 2. The molecule has 5 heteroatoms. The van der Waals surface area contributed by atoms with Gasteiger partial charge in [0.25, 0.3) is 0 Å². The molecule has 0 unspecified atom stereocenters. The highest BCUT2D eigenvalue weighted by atomic mass is 15.0. The minimum Gasteiger partial charge on any atom is -0.387 e. The van der Waals surface area contributed by atoms with Gasteiger partial charge in [0.1, 0.15) is 12.1 Å². The molecule has 0 aliphatic carbocycles. The second-order valence-corrected chi connectivity index (χ2v) is 10.1. The molecule has 0 radical (unpaired) electrons. The highest BCUT2D eigenvalue weighted by Gasteiger charge is 2.18. The van der Waals surface area contributed by atoms with Crippen LogP contribution in [0.4, 0.5) is 11.5 Å². The fraction of sp³-hybridized carbons (Fsp3) is 0.400. The maximum atomic E-state index is 4.65. The standard InChI is InChI=1S/C30H39N5/c1-7-23-17-28-26-16-24(23)10-8-9-13-31-22(6)29(19(2)3)34-21(5)15-25-12-11-20(4)14-27(25)35-30(26)33-18-32-28/h11-12,14,16-19,29,31,34H,5-10,13,15H2,1-4H3,(H,32,33,35)/t29-/m1/s1. The van der Waals surface area contributed by atoms with E-state index in [1.807, 2.05) is 0 Å². The van der Waals surface area contributed by atoms with Crippen molar-refractivity contribution in [1.82, 2.24) is 20.6 Å². The molecule has 0 amide bonds. The lowest BCUT2D eigenvalue weighted by atomic mass is 9.97. The van der Waals surface area contributed by atoms with Gasteiger partial charge in [-0.25, -0.2) is 9.97 Å². The molecule has 2 heterocycles. The zero-order valence-electron chi connectivity index (χ0n) is 21.7. The number of hydrogen-bond donors (Lipinski definition) is 3. The number of hydrogen-bond acceptors (Lipinski definition) is 5. The molecule has 0 saturated carbocycles. The Morgan fingerprint density at radius 1 is 1.06 bits per heavy atom. The average molecular weight is 470 g/mol. The summed E-state index contributed by atoms with van der Waals surface area (Å²) in [7, 11) is 0. The molecular formula is C30H39N5. The summed E-state index contributed by atoms with van der Waals surface area (Å²) in [6, 6.07) is 11.2. The van der Waals surface area contributed by atoms with Crippen molar-refractivity contribution in [1.29, 1.82) is 0 Å². The van der Waals surface area contributed by atoms with Crippen molar-refractivity contribution in [3.63, 3.8) is 0 Å². The first kappa shape index (κ1) is 24.8. The molecule has 2 aromatic carbocycles. The summed E-state index contributed by atoms with van der Waals surface area (Å²) in [6.07, 6.45) is 6.62. The van der Waals surface area contributed by atoms with E-state index in [4.69, 9.17) is 0 Å². The molecule has 184 valence electrons. The largest absolute Gasteiger partial charge is 0.387 e. The number of allylic oxidation sites excluding steroid dienone is 1. The molecule has 1 aliphatic rings. The van der Waals surface area contributed by atoms with Crippen molar-refractivity contribution in [3.05, 3.63) is 83.5 Å². The van der Waals surface area contributed by atoms with E-state index in [1.54, 1.807) is 6.33 Å². The second-order valence-electron chi connectivity index (χ2n) is 10.1. The molecule has 1 aromatic heterocycles. The fourth-order valence-electron chi connectivity index (χ4n) is 4.90. The van der Waals surface area contributed by atoms with Gasteiger partial charge in [0.2, 0.25) is 0 Å².